The topological polar surface area (TPSA) is 54.4 Å². The summed E-state index contributed by atoms with van der Waals surface area (Å²) < 4.78 is 40.4. The van der Waals surface area contributed by atoms with Gasteiger partial charge in [-0.2, -0.15) is 0 Å². The van der Waals surface area contributed by atoms with Crippen LogP contribution in [0.5, 0.6) is 0 Å². The first-order valence-corrected chi connectivity index (χ1v) is 6.62. The summed E-state index contributed by atoms with van der Waals surface area (Å²) in [6.45, 7) is 1.04. The molecule has 7 heteroatoms. The Bertz CT molecular complexity index is 737. The molecule has 1 aromatic carbocycles. The van der Waals surface area contributed by atoms with E-state index >= 15 is 0 Å². The van der Waals surface area contributed by atoms with Crippen molar-refractivity contribution in [3.8, 4) is 0 Å². The van der Waals surface area contributed by atoms with Gasteiger partial charge in [0.15, 0.2) is 11.6 Å². The van der Waals surface area contributed by atoms with Crippen molar-refractivity contribution in [3.63, 3.8) is 0 Å². The van der Waals surface area contributed by atoms with E-state index in [1.807, 2.05) is 0 Å². The maximum Gasteiger partial charge on any atom is 0.308 e. The molecule has 3 nitrogen and oxygen atoms in total. The minimum absolute atomic E-state index is 0.0653. The lowest BCUT2D eigenvalue weighted by molar-refractivity contribution is -0.136. The average Bonchev–Trinajstić information content (AvgIpc) is 2.87. The van der Waals surface area contributed by atoms with Crippen LogP contribution in [0.1, 0.15) is 25.7 Å². The molecule has 110 valence electrons. The normalized spacial score (nSPS) is 10.7. The van der Waals surface area contributed by atoms with E-state index in [1.165, 1.54) is 12.1 Å². The van der Waals surface area contributed by atoms with Crippen molar-refractivity contribution in [2.24, 2.45) is 0 Å². The molecule has 0 aliphatic carbocycles. The number of hydrogen-bond donors (Lipinski definition) is 1. The van der Waals surface area contributed by atoms with Crippen LogP contribution >= 0.6 is 11.3 Å². The number of ketones is 1. The summed E-state index contributed by atoms with van der Waals surface area (Å²) in [7, 11) is 0. The Hall–Kier alpha value is -2.15. The molecule has 0 amide bonds. The molecule has 2 aromatic rings. The van der Waals surface area contributed by atoms with Crippen molar-refractivity contribution in [2.75, 3.05) is 0 Å². The van der Waals surface area contributed by atoms with Crippen LogP contribution in [0.15, 0.2) is 18.2 Å². The minimum atomic E-state index is -1.33. The second-order valence-corrected chi connectivity index (χ2v) is 5.49. The molecule has 1 heterocycles. The van der Waals surface area contributed by atoms with Crippen molar-refractivity contribution in [1.29, 1.82) is 0 Å². The molecule has 2 rings (SSSR count). The molecular weight excluding hydrogens is 305 g/mol. The lowest BCUT2D eigenvalue weighted by Crippen LogP contribution is -2.07. The maximum atomic E-state index is 13.9. The number of rotatable bonds is 4. The van der Waals surface area contributed by atoms with Gasteiger partial charge in [0, 0.05) is 10.4 Å². The summed E-state index contributed by atoms with van der Waals surface area (Å²) >= 11 is 0.876. The first-order valence-electron chi connectivity index (χ1n) is 5.80. The van der Waals surface area contributed by atoms with Crippen molar-refractivity contribution >= 4 is 23.1 Å². The van der Waals surface area contributed by atoms with E-state index in [1.54, 1.807) is 0 Å². The van der Waals surface area contributed by atoms with Crippen LogP contribution < -0.4 is 0 Å². The average molecular weight is 314 g/mol. The second-order valence-electron chi connectivity index (χ2n) is 4.32. The Morgan fingerprint density at radius 2 is 1.86 bits per heavy atom. The van der Waals surface area contributed by atoms with Gasteiger partial charge in [-0.05, 0) is 25.1 Å². The number of carbonyl (C=O) groups is 2. The lowest BCUT2D eigenvalue weighted by atomic mass is 10.0. The van der Waals surface area contributed by atoms with E-state index in [-0.39, 0.29) is 11.3 Å². The summed E-state index contributed by atoms with van der Waals surface area (Å²) in [6.07, 6.45) is -0.267. The molecule has 0 spiro atoms. The van der Waals surface area contributed by atoms with E-state index in [0.717, 1.165) is 18.3 Å². The number of carbonyl (C=O) groups excluding carboxylic acids is 1. The van der Waals surface area contributed by atoms with Gasteiger partial charge in [0.25, 0.3) is 0 Å². The number of benzene rings is 1. The first kappa shape index (κ1) is 15.2. The third-order valence-electron chi connectivity index (χ3n) is 2.83. The highest BCUT2D eigenvalue weighted by Gasteiger charge is 2.22. The smallest absolute Gasteiger partial charge is 0.308 e. The highest BCUT2D eigenvalue weighted by molar-refractivity contribution is 7.14. The Labute approximate surface area is 121 Å². The summed E-state index contributed by atoms with van der Waals surface area (Å²) in [6, 6.07) is 3.27. The zero-order valence-corrected chi connectivity index (χ0v) is 11.6. The number of carboxylic acid groups (broad SMARTS) is 1. The van der Waals surface area contributed by atoms with Crippen molar-refractivity contribution in [3.05, 3.63) is 56.5 Å². The van der Waals surface area contributed by atoms with E-state index < -0.39 is 40.3 Å². The first-order chi connectivity index (χ1) is 9.81. The van der Waals surface area contributed by atoms with Gasteiger partial charge >= 0.3 is 5.97 Å². The van der Waals surface area contributed by atoms with Crippen LogP contribution in [0, 0.1) is 24.4 Å². The van der Waals surface area contributed by atoms with Crippen LogP contribution in [-0.4, -0.2) is 16.9 Å². The largest absolute Gasteiger partial charge is 0.481 e. The van der Waals surface area contributed by atoms with E-state index in [2.05, 4.69) is 0 Å². The number of carboxylic acids is 1. The quantitative estimate of drug-likeness (QED) is 0.695. The Morgan fingerprint density at radius 3 is 2.48 bits per heavy atom. The van der Waals surface area contributed by atoms with Crippen LogP contribution in [0.2, 0.25) is 0 Å². The SMILES string of the molecule is Cc1c(F)c(F)cc(C(=O)c2ccc(CC(=O)O)s2)c1F. The third kappa shape index (κ3) is 2.97. The molecule has 0 aliphatic rings. The number of halogens is 3. The Kier molecular flexibility index (Phi) is 4.13. The monoisotopic (exact) mass is 314 g/mol. The fraction of sp³-hybridized carbons (Fsp3) is 0.143. The minimum Gasteiger partial charge on any atom is -0.481 e. The third-order valence-corrected chi connectivity index (χ3v) is 3.92. The van der Waals surface area contributed by atoms with Gasteiger partial charge in [-0.1, -0.05) is 0 Å². The van der Waals surface area contributed by atoms with Crippen LogP contribution in [-0.2, 0) is 11.2 Å². The van der Waals surface area contributed by atoms with Gasteiger partial charge in [-0.3, -0.25) is 9.59 Å². The fourth-order valence-corrected chi connectivity index (χ4v) is 2.73. The zero-order valence-electron chi connectivity index (χ0n) is 10.7. The van der Waals surface area contributed by atoms with Crippen LogP contribution in [0.4, 0.5) is 13.2 Å². The molecule has 0 unspecified atom stereocenters. The zero-order chi connectivity index (χ0) is 15.7. The van der Waals surface area contributed by atoms with E-state index in [0.29, 0.717) is 10.9 Å². The lowest BCUT2D eigenvalue weighted by Gasteiger charge is -2.05. The summed E-state index contributed by atoms with van der Waals surface area (Å²) in [4.78, 5) is 23.2. The van der Waals surface area contributed by atoms with Gasteiger partial charge in [0.2, 0.25) is 5.78 Å². The standard InChI is InChI=1S/C14H9F3O3S/c1-6-12(16)8(5-9(15)13(6)17)14(20)10-3-2-7(21-10)4-11(18)19/h2-3,5H,4H2,1H3,(H,18,19). The van der Waals surface area contributed by atoms with Gasteiger partial charge in [-0.25, -0.2) is 13.2 Å². The molecule has 0 radical (unpaired) electrons. The van der Waals surface area contributed by atoms with Gasteiger partial charge < -0.3 is 5.11 Å². The number of aliphatic carboxylic acids is 1. The fourth-order valence-electron chi connectivity index (χ4n) is 1.77. The van der Waals surface area contributed by atoms with Gasteiger partial charge in [0.05, 0.1) is 16.9 Å². The molecule has 1 aromatic heterocycles. The molecule has 0 aliphatic heterocycles. The van der Waals surface area contributed by atoms with Crippen LogP contribution in [0.25, 0.3) is 0 Å². The molecule has 0 fully saturated rings. The second kappa shape index (κ2) is 5.69. The predicted molar refractivity (Wildman–Crippen MR) is 70.1 cm³/mol. The Balaban J connectivity index is 2.41. The molecule has 0 saturated heterocycles. The number of hydrogen-bond acceptors (Lipinski definition) is 3. The molecule has 0 atom stereocenters. The van der Waals surface area contributed by atoms with E-state index in [9.17, 15) is 22.8 Å². The van der Waals surface area contributed by atoms with Gasteiger partial charge in [0.1, 0.15) is 5.82 Å². The summed E-state index contributed by atoms with van der Waals surface area (Å²) in [5, 5.41) is 8.65. The summed E-state index contributed by atoms with van der Waals surface area (Å²) in [5.41, 5.74) is -1.14. The molecular formula is C14H9F3O3S. The van der Waals surface area contributed by atoms with Crippen molar-refractivity contribution in [1.82, 2.24) is 0 Å². The number of thiophene rings is 1. The molecule has 0 bridgehead atoms. The molecule has 1 N–H and O–H groups in total. The highest BCUT2D eigenvalue weighted by atomic mass is 32.1. The van der Waals surface area contributed by atoms with Crippen molar-refractivity contribution < 1.29 is 27.9 Å². The summed E-state index contributed by atoms with van der Waals surface area (Å²) in [5.74, 6) is -5.63. The van der Waals surface area contributed by atoms with Gasteiger partial charge in [-0.15, -0.1) is 11.3 Å². The molecule has 0 saturated carbocycles. The molecule has 21 heavy (non-hydrogen) atoms. The Morgan fingerprint density at radius 1 is 1.19 bits per heavy atom. The predicted octanol–water partition coefficient (Wildman–Crippen LogP) is 3.33. The van der Waals surface area contributed by atoms with E-state index in [4.69, 9.17) is 5.11 Å². The van der Waals surface area contributed by atoms with Crippen LogP contribution in [0.3, 0.4) is 0 Å². The highest BCUT2D eigenvalue weighted by Crippen LogP contribution is 2.25. The maximum absolute atomic E-state index is 13.9. The van der Waals surface area contributed by atoms with Crippen molar-refractivity contribution in [2.45, 2.75) is 13.3 Å².